The van der Waals surface area contributed by atoms with E-state index in [0.29, 0.717) is 23.6 Å². The molecule has 6 nitrogen and oxygen atoms in total. The number of benzene rings is 1. The van der Waals surface area contributed by atoms with Gasteiger partial charge >= 0.3 is 0 Å². The number of nitrogens with zero attached hydrogens (tertiary/aromatic N) is 1. The van der Waals surface area contributed by atoms with Crippen molar-refractivity contribution < 1.29 is 9.80 Å². The lowest BCUT2D eigenvalue weighted by Gasteiger charge is -2.60. The molecule has 6 heterocycles. The van der Waals surface area contributed by atoms with Crippen molar-refractivity contribution in [3.05, 3.63) is 65.0 Å². The van der Waals surface area contributed by atoms with Gasteiger partial charge in [0.05, 0.1) is 18.3 Å². The molecule has 2 saturated heterocycles. The van der Waals surface area contributed by atoms with E-state index < -0.39 is 0 Å². The van der Waals surface area contributed by atoms with Crippen LogP contribution in [0.3, 0.4) is 0 Å². The zero-order valence-electron chi connectivity index (χ0n) is 25.3. The van der Waals surface area contributed by atoms with Crippen LogP contribution >= 0.6 is 0 Å². The SMILES string of the molecule is [O-][NH+]1CCc2c([nH]c3ccccc23)C1[C@H]1[C@@H]2CCN3CCCC/C=C\CC[C@@]4(O[C@@H]14)[C@@H]1NCCCC/C=C\CC[C@@]12C3. The van der Waals surface area contributed by atoms with Gasteiger partial charge in [0.25, 0.3) is 0 Å². The third-order valence-electron chi connectivity index (χ3n) is 12.2. The Labute approximate surface area is 251 Å². The number of hydroxylamine groups is 2. The Morgan fingerprint density at radius 3 is 2.64 bits per heavy atom. The van der Waals surface area contributed by atoms with E-state index in [0.717, 1.165) is 45.3 Å². The number of epoxide rings is 1. The molecule has 226 valence electrons. The Hall–Kier alpha value is -1.96. The Kier molecular flexibility index (Phi) is 7.35. The van der Waals surface area contributed by atoms with Crippen molar-refractivity contribution in [3.8, 4) is 0 Å². The number of rotatable bonds is 1. The fraction of sp³-hybridized carbons (Fsp3) is 0.667. The second-order valence-electron chi connectivity index (χ2n) is 14.4. The molecule has 6 aliphatic rings. The van der Waals surface area contributed by atoms with Gasteiger partial charge in [-0.05, 0) is 108 Å². The van der Waals surface area contributed by atoms with E-state index in [-0.39, 0.29) is 29.1 Å². The number of fused-ring (bicyclic) bond motifs is 4. The maximum absolute atomic E-state index is 14.2. The van der Waals surface area contributed by atoms with Crippen LogP contribution in [0.15, 0.2) is 48.6 Å². The minimum Gasteiger partial charge on any atom is -0.634 e. The van der Waals surface area contributed by atoms with Crippen LogP contribution in [0.4, 0.5) is 0 Å². The van der Waals surface area contributed by atoms with E-state index in [9.17, 15) is 5.21 Å². The standard InChI is InChI=1S/C36H50N4O2/c41-40-24-17-27-26-15-9-10-16-29(26)38-31(27)32(40)30-28-18-23-39-22-14-8-4-2-6-12-20-36(33(30)42-36)34-35(28,25-39)19-11-5-1-3-7-13-21-37-34/h1-2,5-6,9-10,15-16,28,30,32-34,37-38,40H,3-4,7-8,11-14,17-25H2/b5-1-,6-2-/t28-,30+,32?,33-,34+,35-,36-/m0/s1. The molecule has 2 spiro atoms. The van der Waals surface area contributed by atoms with E-state index in [1.165, 1.54) is 80.1 Å². The average Bonchev–Trinajstić information content (AvgIpc) is 3.61. The van der Waals surface area contributed by atoms with Gasteiger partial charge in [0, 0.05) is 41.2 Å². The second-order valence-corrected chi connectivity index (χ2v) is 14.4. The molecule has 3 bridgehead atoms. The average molecular weight is 571 g/mol. The highest BCUT2D eigenvalue weighted by molar-refractivity contribution is 5.85. The number of allylic oxidation sites excluding steroid dienone is 4. The van der Waals surface area contributed by atoms with Crippen molar-refractivity contribution in [2.45, 2.75) is 101 Å². The maximum atomic E-state index is 14.2. The summed E-state index contributed by atoms with van der Waals surface area (Å²) in [6.45, 7) is 5.23. The summed E-state index contributed by atoms with van der Waals surface area (Å²) in [4.78, 5) is 6.63. The molecule has 6 heteroatoms. The van der Waals surface area contributed by atoms with Gasteiger partial charge < -0.3 is 30.2 Å². The Morgan fingerprint density at radius 2 is 1.74 bits per heavy atom. The summed E-state index contributed by atoms with van der Waals surface area (Å²) in [5.74, 6) is 0.723. The van der Waals surface area contributed by atoms with Crippen LogP contribution in [0, 0.1) is 22.5 Å². The van der Waals surface area contributed by atoms with Crippen LogP contribution in [0.25, 0.3) is 10.9 Å². The number of aromatic nitrogens is 1. The van der Waals surface area contributed by atoms with E-state index >= 15 is 0 Å². The van der Waals surface area contributed by atoms with Crippen LogP contribution in [0.1, 0.15) is 87.9 Å². The fourth-order valence-corrected chi connectivity index (χ4v) is 10.5. The Morgan fingerprint density at radius 1 is 0.929 bits per heavy atom. The summed E-state index contributed by atoms with van der Waals surface area (Å²) in [5.41, 5.74) is 3.73. The third kappa shape index (κ3) is 4.47. The lowest BCUT2D eigenvalue weighted by molar-refractivity contribution is -0.890. The number of aromatic amines is 1. The summed E-state index contributed by atoms with van der Waals surface area (Å²) in [6.07, 6.45) is 23.8. The van der Waals surface area contributed by atoms with Gasteiger partial charge in [-0.25, -0.2) is 0 Å². The Balaban J connectivity index is 1.28. The van der Waals surface area contributed by atoms with Crippen molar-refractivity contribution in [2.75, 3.05) is 32.7 Å². The first kappa shape index (κ1) is 27.6. The highest BCUT2D eigenvalue weighted by Gasteiger charge is 2.77. The van der Waals surface area contributed by atoms with Gasteiger partial charge in [0.15, 0.2) is 0 Å². The summed E-state index contributed by atoms with van der Waals surface area (Å²) < 4.78 is 7.19. The van der Waals surface area contributed by atoms with Crippen LogP contribution in [-0.4, -0.2) is 60.4 Å². The molecule has 1 saturated carbocycles. The normalized spacial score (nSPS) is 43.8. The second kappa shape index (κ2) is 11.2. The highest BCUT2D eigenvalue weighted by atomic mass is 16.6. The molecule has 0 amide bonds. The molecule has 3 unspecified atom stereocenters. The molecule has 1 aromatic carbocycles. The van der Waals surface area contributed by atoms with E-state index in [4.69, 9.17) is 4.74 Å². The van der Waals surface area contributed by atoms with E-state index in [1.807, 2.05) is 0 Å². The number of H-pyrrole nitrogens is 1. The molecule has 9 atom stereocenters. The first-order valence-corrected chi connectivity index (χ1v) is 17.3. The molecular formula is C36H50N4O2. The zero-order chi connectivity index (χ0) is 28.1. The molecule has 42 heavy (non-hydrogen) atoms. The van der Waals surface area contributed by atoms with Crippen LogP contribution in [0.2, 0.25) is 0 Å². The van der Waals surface area contributed by atoms with Gasteiger partial charge in [0.2, 0.25) is 0 Å². The van der Waals surface area contributed by atoms with Crippen LogP contribution in [-0.2, 0) is 11.2 Å². The lowest BCUT2D eigenvalue weighted by Crippen LogP contribution is -3.10. The minimum absolute atomic E-state index is 0.0812. The smallest absolute Gasteiger partial charge is 0.134 e. The van der Waals surface area contributed by atoms with Gasteiger partial charge in [-0.1, -0.05) is 42.5 Å². The monoisotopic (exact) mass is 570 g/mol. The predicted molar refractivity (Wildman–Crippen MR) is 168 cm³/mol. The Bertz CT molecular complexity index is 1330. The van der Waals surface area contributed by atoms with Gasteiger partial charge in [-0.3, -0.25) is 0 Å². The topological polar surface area (TPSA) is 71.1 Å². The zero-order valence-corrected chi connectivity index (χ0v) is 25.3. The van der Waals surface area contributed by atoms with E-state index in [1.54, 1.807) is 0 Å². The first-order chi connectivity index (χ1) is 20.7. The predicted octanol–water partition coefficient (Wildman–Crippen LogP) is 5.22. The number of para-hydroxylation sites is 1. The van der Waals surface area contributed by atoms with Gasteiger partial charge in [-0.15, -0.1) is 0 Å². The molecule has 2 aromatic rings. The summed E-state index contributed by atoms with van der Waals surface area (Å²) in [7, 11) is 0. The molecule has 1 aliphatic carbocycles. The van der Waals surface area contributed by atoms with Gasteiger partial charge in [0.1, 0.15) is 11.6 Å². The highest BCUT2D eigenvalue weighted by Crippen LogP contribution is 2.66. The van der Waals surface area contributed by atoms with Gasteiger partial charge in [-0.2, -0.15) is 0 Å². The largest absolute Gasteiger partial charge is 0.634 e. The molecule has 3 N–H and O–H groups in total. The molecule has 5 aliphatic heterocycles. The number of hydrogen-bond donors (Lipinski definition) is 3. The summed E-state index contributed by atoms with van der Waals surface area (Å²) >= 11 is 0. The van der Waals surface area contributed by atoms with E-state index in [2.05, 4.69) is 63.8 Å². The van der Waals surface area contributed by atoms with Crippen molar-refractivity contribution >= 4 is 10.9 Å². The van der Waals surface area contributed by atoms with Crippen LogP contribution in [0.5, 0.6) is 0 Å². The van der Waals surface area contributed by atoms with Crippen molar-refractivity contribution in [1.82, 2.24) is 15.2 Å². The number of piperidine rings is 1. The maximum Gasteiger partial charge on any atom is 0.134 e. The lowest BCUT2D eigenvalue weighted by atomic mass is 9.49. The van der Waals surface area contributed by atoms with Crippen LogP contribution < -0.4 is 10.4 Å². The molecule has 8 rings (SSSR count). The number of ether oxygens (including phenoxy) is 1. The fourth-order valence-electron chi connectivity index (χ4n) is 10.5. The minimum atomic E-state index is -0.176. The number of nitrogens with one attached hydrogen (secondary N) is 3. The molecular weight excluding hydrogens is 520 g/mol. The molecule has 0 radical (unpaired) electrons. The molecule has 3 fully saturated rings. The number of hydrogen-bond acceptors (Lipinski definition) is 4. The first-order valence-electron chi connectivity index (χ1n) is 17.3. The quantitative estimate of drug-likeness (QED) is 0.250. The molecule has 1 aromatic heterocycles. The number of quaternary nitrogens is 1. The summed E-state index contributed by atoms with van der Waals surface area (Å²) in [5, 5.41) is 20.2. The van der Waals surface area contributed by atoms with Crippen molar-refractivity contribution in [1.29, 1.82) is 0 Å². The van der Waals surface area contributed by atoms with Crippen molar-refractivity contribution in [3.63, 3.8) is 0 Å². The third-order valence-corrected chi connectivity index (χ3v) is 12.2. The summed E-state index contributed by atoms with van der Waals surface area (Å²) in [6, 6.07) is 8.98. The van der Waals surface area contributed by atoms with Crippen molar-refractivity contribution in [2.24, 2.45) is 17.3 Å².